The van der Waals surface area contributed by atoms with Gasteiger partial charge in [0, 0.05) is 54.4 Å². The topological polar surface area (TPSA) is 101 Å². The van der Waals surface area contributed by atoms with Gasteiger partial charge in [-0.1, -0.05) is 0 Å². The average molecular weight is 475 g/mol. The van der Waals surface area contributed by atoms with Crippen LogP contribution in [0, 0.1) is 6.92 Å². The molecule has 1 unspecified atom stereocenters. The Morgan fingerprint density at radius 3 is 2.75 bits per heavy atom. The van der Waals surface area contributed by atoms with Crippen molar-refractivity contribution >= 4 is 43.8 Å². The minimum atomic E-state index is -3.62. The first-order valence-corrected chi connectivity index (χ1v) is 13.1. The zero-order chi connectivity index (χ0) is 22.1. The van der Waals surface area contributed by atoms with E-state index in [0.717, 1.165) is 73.0 Å². The lowest BCUT2D eigenvalue weighted by molar-refractivity contribution is 0.122. The second-order valence-corrected chi connectivity index (χ2v) is 11.3. The standard InChI is InChI=1S/C21H26N6O3S2/c1-15-12-22-21(31-15)32(28,29)25-16-3-2-6-27(13-16)20-18-5-4-17(11-19(18)23-14-24-20)26-7-9-30-10-8-26/h4-5,11-12,14,16,25H,2-3,6-10,13H2,1H3. The van der Waals surface area contributed by atoms with Crippen LogP contribution >= 0.6 is 11.3 Å². The molecule has 5 rings (SSSR count). The molecule has 4 heterocycles. The SMILES string of the molecule is Cc1cnc(S(=O)(=O)NC2CCCN(c3ncnc4cc(N5CCOCC5)ccc34)C2)s1. The molecular weight excluding hydrogens is 448 g/mol. The number of hydrogen-bond acceptors (Lipinski definition) is 9. The highest BCUT2D eigenvalue weighted by Crippen LogP contribution is 2.29. The minimum absolute atomic E-state index is 0.121. The van der Waals surface area contributed by atoms with Gasteiger partial charge in [0.1, 0.15) is 12.1 Å². The molecular formula is C21H26N6O3S2. The lowest BCUT2D eigenvalue weighted by atomic mass is 10.1. The molecule has 0 aliphatic carbocycles. The summed E-state index contributed by atoms with van der Waals surface area (Å²) in [6.07, 6.45) is 4.84. The molecule has 9 nitrogen and oxygen atoms in total. The van der Waals surface area contributed by atoms with Crippen LogP contribution in [0.15, 0.2) is 35.1 Å². The summed E-state index contributed by atoms with van der Waals surface area (Å²) in [6.45, 7) is 6.44. The van der Waals surface area contributed by atoms with Crippen molar-refractivity contribution in [1.29, 1.82) is 0 Å². The second kappa shape index (κ2) is 8.89. The Kier molecular flexibility index (Phi) is 5.97. The number of morpholine rings is 1. The number of nitrogens with zero attached hydrogens (tertiary/aromatic N) is 5. The van der Waals surface area contributed by atoms with Crippen molar-refractivity contribution in [2.45, 2.75) is 30.1 Å². The smallest absolute Gasteiger partial charge is 0.268 e. The molecule has 0 amide bonds. The van der Waals surface area contributed by atoms with Gasteiger partial charge in [-0.2, -0.15) is 0 Å². The Hall–Kier alpha value is -2.34. The largest absolute Gasteiger partial charge is 0.378 e. The van der Waals surface area contributed by atoms with Crippen LogP contribution in [0.1, 0.15) is 17.7 Å². The number of fused-ring (bicyclic) bond motifs is 1. The van der Waals surface area contributed by atoms with Crippen LogP contribution in [0.4, 0.5) is 11.5 Å². The van der Waals surface area contributed by atoms with Crippen molar-refractivity contribution in [3.05, 3.63) is 35.6 Å². The maximum Gasteiger partial charge on any atom is 0.268 e. The summed E-state index contributed by atoms with van der Waals surface area (Å²) >= 11 is 1.19. The van der Waals surface area contributed by atoms with Gasteiger partial charge in [0.15, 0.2) is 0 Å². The molecule has 2 aromatic heterocycles. The molecule has 0 bridgehead atoms. The first-order chi connectivity index (χ1) is 15.5. The highest BCUT2D eigenvalue weighted by atomic mass is 32.2. The van der Waals surface area contributed by atoms with Crippen LogP contribution in [0.2, 0.25) is 0 Å². The van der Waals surface area contributed by atoms with Gasteiger partial charge >= 0.3 is 0 Å². The zero-order valence-electron chi connectivity index (χ0n) is 17.9. The average Bonchev–Trinajstić information content (AvgIpc) is 3.26. The van der Waals surface area contributed by atoms with Crippen molar-refractivity contribution in [3.63, 3.8) is 0 Å². The summed E-state index contributed by atoms with van der Waals surface area (Å²) in [5, 5.41) is 0.976. The zero-order valence-corrected chi connectivity index (χ0v) is 19.5. The Morgan fingerprint density at radius 2 is 1.97 bits per heavy atom. The predicted octanol–water partition coefficient (Wildman–Crippen LogP) is 2.18. The number of aryl methyl sites for hydroxylation is 1. The molecule has 0 spiro atoms. The molecule has 0 saturated carbocycles. The minimum Gasteiger partial charge on any atom is -0.378 e. The van der Waals surface area contributed by atoms with E-state index in [0.29, 0.717) is 6.54 Å². The van der Waals surface area contributed by atoms with E-state index in [2.05, 4.69) is 47.7 Å². The summed E-state index contributed by atoms with van der Waals surface area (Å²) in [6, 6.07) is 6.08. The van der Waals surface area contributed by atoms with E-state index in [1.807, 2.05) is 6.92 Å². The van der Waals surface area contributed by atoms with Crippen LogP contribution in [0.3, 0.4) is 0 Å². The fourth-order valence-corrected chi connectivity index (χ4v) is 6.68. The molecule has 2 aliphatic rings. The number of piperidine rings is 1. The van der Waals surface area contributed by atoms with Crippen LogP contribution in [0.25, 0.3) is 10.9 Å². The molecule has 32 heavy (non-hydrogen) atoms. The van der Waals surface area contributed by atoms with Gasteiger partial charge in [-0.15, -0.1) is 11.3 Å². The molecule has 0 radical (unpaired) electrons. The normalized spacial score (nSPS) is 20.1. The van der Waals surface area contributed by atoms with Gasteiger partial charge < -0.3 is 14.5 Å². The second-order valence-electron chi connectivity index (χ2n) is 8.14. The molecule has 2 saturated heterocycles. The molecule has 1 N–H and O–H groups in total. The highest BCUT2D eigenvalue weighted by Gasteiger charge is 2.28. The number of thiazole rings is 1. The van der Waals surface area contributed by atoms with E-state index in [1.165, 1.54) is 11.3 Å². The Bertz CT molecular complexity index is 1210. The molecule has 1 aromatic carbocycles. The van der Waals surface area contributed by atoms with Crippen LogP contribution in [-0.4, -0.2) is 68.8 Å². The number of rotatable bonds is 5. The maximum absolute atomic E-state index is 12.7. The molecule has 2 fully saturated rings. The Morgan fingerprint density at radius 1 is 1.12 bits per heavy atom. The van der Waals surface area contributed by atoms with Crippen molar-refractivity contribution in [2.75, 3.05) is 49.2 Å². The van der Waals surface area contributed by atoms with E-state index < -0.39 is 10.0 Å². The molecule has 2 aliphatic heterocycles. The predicted molar refractivity (Wildman–Crippen MR) is 125 cm³/mol. The van der Waals surface area contributed by atoms with Crippen molar-refractivity contribution in [1.82, 2.24) is 19.7 Å². The third-order valence-electron chi connectivity index (χ3n) is 5.85. The van der Waals surface area contributed by atoms with Gasteiger partial charge in [-0.05, 0) is 38.0 Å². The van der Waals surface area contributed by atoms with Crippen molar-refractivity contribution in [3.8, 4) is 0 Å². The number of sulfonamides is 1. The Labute approximate surface area is 191 Å². The van der Waals surface area contributed by atoms with Gasteiger partial charge in [0.25, 0.3) is 10.0 Å². The molecule has 170 valence electrons. The number of aromatic nitrogens is 3. The number of benzene rings is 1. The maximum atomic E-state index is 12.7. The highest BCUT2D eigenvalue weighted by molar-refractivity contribution is 7.91. The van der Waals surface area contributed by atoms with Gasteiger partial charge in [-0.3, -0.25) is 0 Å². The molecule has 11 heteroatoms. The first-order valence-electron chi connectivity index (χ1n) is 10.8. The fraction of sp³-hybridized carbons (Fsp3) is 0.476. The van der Waals surface area contributed by atoms with E-state index >= 15 is 0 Å². The third-order valence-corrected chi connectivity index (χ3v) is 8.67. The monoisotopic (exact) mass is 474 g/mol. The summed E-state index contributed by atoms with van der Waals surface area (Å²) in [5.41, 5.74) is 2.02. The van der Waals surface area contributed by atoms with Gasteiger partial charge in [0.05, 0.1) is 18.7 Å². The van der Waals surface area contributed by atoms with Crippen molar-refractivity contribution in [2.24, 2.45) is 0 Å². The lowest BCUT2D eigenvalue weighted by Crippen LogP contribution is -2.48. The fourth-order valence-electron chi connectivity index (χ4n) is 4.30. The van der Waals surface area contributed by atoms with Crippen molar-refractivity contribution < 1.29 is 13.2 Å². The molecule has 1 atom stereocenters. The van der Waals surface area contributed by atoms with Crippen LogP contribution < -0.4 is 14.5 Å². The number of ether oxygens (including phenoxy) is 1. The first kappa shape index (κ1) is 21.5. The van der Waals surface area contributed by atoms with Gasteiger partial charge in [0.2, 0.25) is 4.34 Å². The quantitative estimate of drug-likeness (QED) is 0.601. The summed E-state index contributed by atoms with van der Waals surface area (Å²) in [4.78, 5) is 18.4. The molecule has 3 aromatic rings. The third kappa shape index (κ3) is 4.42. The number of nitrogens with one attached hydrogen (secondary N) is 1. The number of anilines is 2. The van der Waals surface area contributed by atoms with E-state index in [4.69, 9.17) is 4.74 Å². The summed E-state index contributed by atoms with van der Waals surface area (Å²) in [7, 11) is -3.62. The Balaban J connectivity index is 1.36. The van der Waals surface area contributed by atoms with E-state index in [9.17, 15) is 8.42 Å². The number of hydrogen-bond donors (Lipinski definition) is 1. The lowest BCUT2D eigenvalue weighted by Gasteiger charge is -2.34. The summed E-state index contributed by atoms with van der Waals surface area (Å²) in [5.74, 6) is 0.845. The van der Waals surface area contributed by atoms with Crippen LogP contribution in [-0.2, 0) is 14.8 Å². The van der Waals surface area contributed by atoms with Crippen LogP contribution in [0.5, 0.6) is 0 Å². The van der Waals surface area contributed by atoms with E-state index in [1.54, 1.807) is 12.5 Å². The summed E-state index contributed by atoms with van der Waals surface area (Å²) < 4.78 is 33.9. The van der Waals surface area contributed by atoms with Gasteiger partial charge in [-0.25, -0.2) is 28.1 Å². The van der Waals surface area contributed by atoms with E-state index in [-0.39, 0.29) is 10.4 Å².